The summed E-state index contributed by atoms with van der Waals surface area (Å²) in [6, 6.07) is 5.31. The van der Waals surface area contributed by atoms with Crippen LogP contribution >= 0.6 is 35.6 Å². The molecule has 1 fully saturated rings. The summed E-state index contributed by atoms with van der Waals surface area (Å²) in [5.74, 6) is 0.0866. The normalized spacial score (nSPS) is 18.9. The Bertz CT molecular complexity index is 433. The third-order valence-corrected chi connectivity index (χ3v) is 3.52. The number of carbonyl (C=O) groups excluding carboxylic acids is 1. The van der Waals surface area contributed by atoms with E-state index < -0.39 is 0 Å². The number of likely N-dealkylation sites (tertiary alicyclic amines) is 1. The average Bonchev–Trinajstić information content (AvgIpc) is 2.27. The Hall–Kier alpha value is -0.480. The predicted molar refractivity (Wildman–Crippen MR) is 81.2 cm³/mol. The number of benzene rings is 1. The lowest BCUT2D eigenvalue weighted by Crippen LogP contribution is -2.46. The van der Waals surface area contributed by atoms with Crippen LogP contribution in [0.4, 0.5) is 0 Å². The van der Waals surface area contributed by atoms with Gasteiger partial charge < -0.3 is 10.6 Å². The lowest BCUT2D eigenvalue weighted by atomic mass is 10.1. The SMILES string of the molecule is Cl.NC1CCCN(C(=O)Cc2cc(Cl)cc(Cl)c2)C1. The van der Waals surface area contributed by atoms with Gasteiger partial charge in [-0.1, -0.05) is 23.2 Å². The molecular formula is C13H17Cl3N2O. The molecule has 6 heteroatoms. The fourth-order valence-corrected chi connectivity index (χ4v) is 2.81. The molecular weight excluding hydrogens is 307 g/mol. The van der Waals surface area contributed by atoms with E-state index in [-0.39, 0.29) is 24.4 Å². The zero-order chi connectivity index (χ0) is 13.1. The topological polar surface area (TPSA) is 46.3 Å². The van der Waals surface area contributed by atoms with Gasteiger partial charge in [-0.05, 0) is 36.6 Å². The zero-order valence-corrected chi connectivity index (χ0v) is 12.8. The molecule has 106 valence electrons. The molecule has 1 aliphatic rings. The molecule has 2 N–H and O–H groups in total. The Morgan fingerprint density at radius 2 is 1.95 bits per heavy atom. The van der Waals surface area contributed by atoms with Gasteiger partial charge in [0.25, 0.3) is 0 Å². The standard InChI is InChI=1S/C13H16Cl2N2O.ClH/c14-10-4-9(5-11(15)7-10)6-13(18)17-3-1-2-12(16)8-17;/h4-5,7,12H,1-3,6,8,16H2;1H. The highest BCUT2D eigenvalue weighted by Gasteiger charge is 2.21. The van der Waals surface area contributed by atoms with Crippen molar-refractivity contribution in [1.29, 1.82) is 0 Å². The van der Waals surface area contributed by atoms with Gasteiger partial charge in [0.1, 0.15) is 0 Å². The molecule has 19 heavy (non-hydrogen) atoms. The number of piperidine rings is 1. The molecule has 1 saturated heterocycles. The number of carbonyl (C=O) groups is 1. The molecule has 2 rings (SSSR count). The second kappa shape index (κ2) is 7.34. The molecule has 1 aromatic rings. The largest absolute Gasteiger partial charge is 0.341 e. The summed E-state index contributed by atoms with van der Waals surface area (Å²) in [5.41, 5.74) is 6.71. The monoisotopic (exact) mass is 322 g/mol. The lowest BCUT2D eigenvalue weighted by Gasteiger charge is -2.30. The number of halogens is 3. The van der Waals surface area contributed by atoms with Crippen LogP contribution in [0.1, 0.15) is 18.4 Å². The van der Waals surface area contributed by atoms with Crippen molar-refractivity contribution >= 4 is 41.5 Å². The smallest absolute Gasteiger partial charge is 0.227 e. The Labute approximate surface area is 129 Å². The van der Waals surface area contributed by atoms with Crippen LogP contribution < -0.4 is 5.73 Å². The van der Waals surface area contributed by atoms with Crippen LogP contribution in [0.3, 0.4) is 0 Å². The Morgan fingerprint density at radius 3 is 2.53 bits per heavy atom. The average molecular weight is 324 g/mol. The highest BCUT2D eigenvalue weighted by molar-refractivity contribution is 6.34. The minimum Gasteiger partial charge on any atom is -0.341 e. The molecule has 0 spiro atoms. The van der Waals surface area contributed by atoms with Gasteiger partial charge in [0.15, 0.2) is 0 Å². The van der Waals surface area contributed by atoms with Crippen LogP contribution in [0.25, 0.3) is 0 Å². The van der Waals surface area contributed by atoms with Crippen molar-refractivity contribution < 1.29 is 4.79 Å². The number of hydrogen-bond acceptors (Lipinski definition) is 2. The first-order chi connectivity index (χ1) is 8.54. The maximum absolute atomic E-state index is 12.1. The van der Waals surface area contributed by atoms with Gasteiger partial charge >= 0.3 is 0 Å². The van der Waals surface area contributed by atoms with Crippen molar-refractivity contribution in [2.24, 2.45) is 5.73 Å². The first-order valence-electron chi connectivity index (χ1n) is 6.03. The van der Waals surface area contributed by atoms with E-state index in [4.69, 9.17) is 28.9 Å². The van der Waals surface area contributed by atoms with Gasteiger partial charge in [-0.3, -0.25) is 4.79 Å². The maximum atomic E-state index is 12.1. The Balaban J connectivity index is 0.00000180. The van der Waals surface area contributed by atoms with Crippen molar-refractivity contribution in [2.75, 3.05) is 13.1 Å². The van der Waals surface area contributed by atoms with Crippen LogP contribution in [-0.4, -0.2) is 29.9 Å². The van der Waals surface area contributed by atoms with E-state index in [1.165, 1.54) is 0 Å². The van der Waals surface area contributed by atoms with Crippen molar-refractivity contribution in [2.45, 2.75) is 25.3 Å². The number of amides is 1. The molecule has 0 aliphatic carbocycles. The van der Waals surface area contributed by atoms with Crippen LogP contribution in [0.5, 0.6) is 0 Å². The molecule has 0 aromatic heterocycles. The van der Waals surface area contributed by atoms with Crippen LogP contribution in [0.2, 0.25) is 10.0 Å². The van der Waals surface area contributed by atoms with Gasteiger partial charge in [0, 0.05) is 29.2 Å². The number of rotatable bonds is 2. The molecule has 3 nitrogen and oxygen atoms in total. The Morgan fingerprint density at radius 1 is 1.32 bits per heavy atom. The third-order valence-electron chi connectivity index (χ3n) is 3.09. The number of nitrogens with two attached hydrogens (primary N) is 1. The van der Waals surface area contributed by atoms with Crippen LogP contribution in [0, 0.1) is 0 Å². The summed E-state index contributed by atoms with van der Waals surface area (Å²) >= 11 is 11.8. The molecule has 1 atom stereocenters. The molecule has 0 radical (unpaired) electrons. The van der Waals surface area contributed by atoms with E-state index in [0.717, 1.165) is 24.9 Å². The first-order valence-corrected chi connectivity index (χ1v) is 6.78. The van der Waals surface area contributed by atoms with Crippen molar-refractivity contribution in [3.8, 4) is 0 Å². The molecule has 1 aromatic carbocycles. The van der Waals surface area contributed by atoms with Gasteiger partial charge in [0.2, 0.25) is 5.91 Å². The van der Waals surface area contributed by atoms with E-state index in [0.29, 0.717) is 23.0 Å². The number of nitrogens with zero attached hydrogens (tertiary/aromatic N) is 1. The van der Waals surface area contributed by atoms with Crippen molar-refractivity contribution in [3.05, 3.63) is 33.8 Å². The molecule has 0 saturated carbocycles. The van der Waals surface area contributed by atoms with E-state index >= 15 is 0 Å². The summed E-state index contributed by atoms with van der Waals surface area (Å²) < 4.78 is 0. The summed E-state index contributed by atoms with van der Waals surface area (Å²) in [6.07, 6.45) is 2.29. The Kier molecular flexibility index (Phi) is 6.40. The molecule has 1 unspecified atom stereocenters. The van der Waals surface area contributed by atoms with E-state index in [9.17, 15) is 4.79 Å². The van der Waals surface area contributed by atoms with E-state index in [2.05, 4.69) is 0 Å². The van der Waals surface area contributed by atoms with Gasteiger partial charge in [-0.25, -0.2) is 0 Å². The second-order valence-electron chi connectivity index (χ2n) is 4.70. The summed E-state index contributed by atoms with van der Waals surface area (Å²) in [6.45, 7) is 1.44. The highest BCUT2D eigenvalue weighted by atomic mass is 35.5. The van der Waals surface area contributed by atoms with Gasteiger partial charge in [-0.15, -0.1) is 12.4 Å². The van der Waals surface area contributed by atoms with Crippen LogP contribution in [-0.2, 0) is 11.2 Å². The van der Waals surface area contributed by atoms with E-state index in [1.807, 2.05) is 4.90 Å². The second-order valence-corrected chi connectivity index (χ2v) is 5.57. The fourth-order valence-electron chi connectivity index (χ4n) is 2.24. The molecule has 1 amide bonds. The zero-order valence-electron chi connectivity index (χ0n) is 10.4. The van der Waals surface area contributed by atoms with Crippen molar-refractivity contribution in [1.82, 2.24) is 4.90 Å². The molecule has 1 aliphatic heterocycles. The molecule has 0 bridgehead atoms. The maximum Gasteiger partial charge on any atom is 0.227 e. The van der Waals surface area contributed by atoms with Gasteiger partial charge in [-0.2, -0.15) is 0 Å². The van der Waals surface area contributed by atoms with Crippen LogP contribution in [0.15, 0.2) is 18.2 Å². The van der Waals surface area contributed by atoms with Gasteiger partial charge in [0.05, 0.1) is 6.42 Å². The fraction of sp³-hybridized carbons (Fsp3) is 0.462. The van der Waals surface area contributed by atoms with Crippen molar-refractivity contribution in [3.63, 3.8) is 0 Å². The summed E-state index contributed by atoms with van der Waals surface area (Å²) in [7, 11) is 0. The summed E-state index contributed by atoms with van der Waals surface area (Å²) in [4.78, 5) is 13.9. The minimum atomic E-state index is 0. The summed E-state index contributed by atoms with van der Waals surface area (Å²) in [5, 5.41) is 1.11. The predicted octanol–water partition coefficient (Wildman–Crippen LogP) is 2.91. The quantitative estimate of drug-likeness (QED) is 0.909. The number of hydrogen-bond donors (Lipinski definition) is 1. The first kappa shape index (κ1) is 16.6. The third kappa shape index (κ3) is 4.84. The molecule has 1 heterocycles. The highest BCUT2D eigenvalue weighted by Crippen LogP contribution is 2.20. The minimum absolute atomic E-state index is 0. The van der Waals surface area contributed by atoms with E-state index in [1.54, 1.807) is 18.2 Å². The lowest BCUT2D eigenvalue weighted by molar-refractivity contribution is -0.131.